The van der Waals surface area contributed by atoms with Gasteiger partial charge in [-0.25, -0.2) is 0 Å². The Bertz CT molecular complexity index is 855. The highest BCUT2D eigenvalue weighted by Gasteiger charge is 2.44. The second kappa shape index (κ2) is 10.2. The van der Waals surface area contributed by atoms with Crippen LogP contribution in [0.2, 0.25) is 0 Å². The van der Waals surface area contributed by atoms with Gasteiger partial charge >= 0.3 is 0 Å². The Morgan fingerprint density at radius 1 is 1.20 bits per heavy atom. The van der Waals surface area contributed by atoms with Crippen molar-refractivity contribution >= 4 is 12.4 Å². The third kappa shape index (κ3) is 4.96. The van der Waals surface area contributed by atoms with E-state index in [0.717, 1.165) is 56.2 Å². The standard InChI is InChI=1S/C20H27N5O2.CH2O2/c1-15-5-3-4-6-19(15)27-13-20(26)25-10-8-17-18(25)7-9-23(17)11-12-24-14-21-22-16(24)2;2-1-3/h3-6,14,17-18H,7-13H2,1-2H3;1H,(H,2,3)/t17-,18-;/m0./s1. The number of ether oxygens (including phenoxy) is 1. The van der Waals surface area contributed by atoms with Gasteiger partial charge in [-0.15, -0.1) is 10.2 Å². The van der Waals surface area contributed by atoms with Crippen molar-refractivity contribution in [2.24, 2.45) is 0 Å². The van der Waals surface area contributed by atoms with E-state index in [0.29, 0.717) is 12.1 Å². The van der Waals surface area contributed by atoms with Crippen LogP contribution in [-0.4, -0.2) is 80.4 Å². The Hall–Kier alpha value is -2.94. The monoisotopic (exact) mass is 415 g/mol. The minimum atomic E-state index is -0.250. The molecule has 4 rings (SSSR count). The molecular weight excluding hydrogens is 386 g/mol. The van der Waals surface area contributed by atoms with E-state index < -0.39 is 0 Å². The molecule has 30 heavy (non-hydrogen) atoms. The molecule has 1 amide bonds. The van der Waals surface area contributed by atoms with Crippen LogP contribution in [0.3, 0.4) is 0 Å². The smallest absolute Gasteiger partial charge is 0.290 e. The zero-order valence-corrected chi connectivity index (χ0v) is 17.5. The first kappa shape index (κ1) is 21.8. The van der Waals surface area contributed by atoms with E-state index in [-0.39, 0.29) is 19.0 Å². The largest absolute Gasteiger partial charge is 0.484 e. The van der Waals surface area contributed by atoms with Gasteiger partial charge in [-0.2, -0.15) is 0 Å². The van der Waals surface area contributed by atoms with Crippen LogP contribution >= 0.6 is 0 Å². The van der Waals surface area contributed by atoms with Gasteiger partial charge in [0.1, 0.15) is 17.9 Å². The van der Waals surface area contributed by atoms with Crippen LogP contribution < -0.4 is 4.74 Å². The molecule has 0 aliphatic carbocycles. The van der Waals surface area contributed by atoms with Gasteiger partial charge in [0, 0.05) is 38.3 Å². The molecule has 0 saturated carbocycles. The number of carbonyl (C=O) groups excluding carboxylic acids is 1. The van der Waals surface area contributed by atoms with Crippen molar-refractivity contribution < 1.29 is 19.4 Å². The fourth-order valence-corrected chi connectivity index (χ4v) is 4.37. The molecule has 0 bridgehead atoms. The van der Waals surface area contributed by atoms with Gasteiger partial charge in [0.2, 0.25) is 0 Å². The van der Waals surface area contributed by atoms with E-state index >= 15 is 0 Å². The molecule has 2 saturated heterocycles. The number of carboxylic acid groups (broad SMARTS) is 1. The summed E-state index contributed by atoms with van der Waals surface area (Å²) in [5.41, 5.74) is 1.06. The van der Waals surface area contributed by atoms with E-state index in [2.05, 4.69) is 19.7 Å². The Balaban J connectivity index is 0.000000806. The van der Waals surface area contributed by atoms with Crippen molar-refractivity contribution in [2.75, 3.05) is 26.2 Å². The van der Waals surface area contributed by atoms with Gasteiger partial charge in [0.25, 0.3) is 12.4 Å². The summed E-state index contributed by atoms with van der Waals surface area (Å²) in [7, 11) is 0. The maximum atomic E-state index is 12.7. The number of hydrogen-bond donors (Lipinski definition) is 1. The topological polar surface area (TPSA) is 101 Å². The third-order valence-corrected chi connectivity index (χ3v) is 5.89. The second-order valence-corrected chi connectivity index (χ2v) is 7.57. The van der Waals surface area contributed by atoms with E-state index in [9.17, 15) is 4.79 Å². The Labute approximate surface area is 176 Å². The van der Waals surface area contributed by atoms with Crippen LogP contribution in [0.25, 0.3) is 0 Å². The minimum absolute atomic E-state index is 0.0993. The molecule has 1 N–H and O–H groups in total. The van der Waals surface area contributed by atoms with Crippen molar-refractivity contribution in [3.05, 3.63) is 42.0 Å². The molecule has 2 aliphatic heterocycles. The first-order chi connectivity index (χ1) is 14.5. The lowest BCUT2D eigenvalue weighted by atomic mass is 10.1. The molecule has 0 radical (unpaired) electrons. The summed E-state index contributed by atoms with van der Waals surface area (Å²) >= 11 is 0. The van der Waals surface area contributed by atoms with Gasteiger partial charge in [0.05, 0.1) is 0 Å². The van der Waals surface area contributed by atoms with Crippen LogP contribution in [-0.2, 0) is 16.1 Å². The minimum Gasteiger partial charge on any atom is -0.484 e. The molecule has 2 atom stereocenters. The van der Waals surface area contributed by atoms with E-state index in [4.69, 9.17) is 14.6 Å². The molecule has 2 aromatic rings. The summed E-state index contributed by atoms with van der Waals surface area (Å²) in [5, 5.41) is 14.9. The molecule has 1 aromatic carbocycles. The number of hydrogen-bond acceptors (Lipinski definition) is 6. The van der Waals surface area contributed by atoms with Gasteiger partial charge in [-0.1, -0.05) is 18.2 Å². The number of para-hydroxylation sites is 1. The van der Waals surface area contributed by atoms with Crippen molar-refractivity contribution in [3.8, 4) is 5.75 Å². The highest BCUT2D eigenvalue weighted by atomic mass is 16.5. The average molecular weight is 415 g/mol. The van der Waals surface area contributed by atoms with E-state index in [1.165, 1.54) is 0 Å². The van der Waals surface area contributed by atoms with Crippen molar-refractivity contribution in [1.82, 2.24) is 24.6 Å². The number of nitrogens with zero attached hydrogens (tertiary/aromatic N) is 5. The lowest BCUT2D eigenvalue weighted by molar-refractivity contribution is -0.134. The first-order valence-electron chi connectivity index (χ1n) is 10.2. The number of aromatic nitrogens is 3. The molecule has 3 heterocycles. The second-order valence-electron chi connectivity index (χ2n) is 7.57. The number of amides is 1. The zero-order chi connectivity index (χ0) is 21.5. The van der Waals surface area contributed by atoms with Crippen molar-refractivity contribution in [2.45, 2.75) is 45.3 Å². The summed E-state index contributed by atoms with van der Waals surface area (Å²) in [6.07, 6.45) is 3.88. The highest BCUT2D eigenvalue weighted by molar-refractivity contribution is 5.78. The van der Waals surface area contributed by atoms with Crippen LogP contribution in [0, 0.1) is 13.8 Å². The van der Waals surface area contributed by atoms with Crippen LogP contribution in [0.4, 0.5) is 0 Å². The van der Waals surface area contributed by atoms with E-state index in [1.807, 2.05) is 43.0 Å². The number of carbonyl (C=O) groups is 2. The summed E-state index contributed by atoms with van der Waals surface area (Å²) < 4.78 is 7.86. The molecule has 9 heteroatoms. The predicted octanol–water partition coefficient (Wildman–Crippen LogP) is 1.35. The van der Waals surface area contributed by atoms with E-state index in [1.54, 1.807) is 6.33 Å². The maximum Gasteiger partial charge on any atom is 0.290 e. The molecule has 2 fully saturated rings. The van der Waals surface area contributed by atoms with Gasteiger partial charge in [-0.05, 0) is 38.3 Å². The first-order valence-corrected chi connectivity index (χ1v) is 10.2. The maximum absolute atomic E-state index is 12.7. The molecule has 1 aromatic heterocycles. The van der Waals surface area contributed by atoms with Crippen LogP contribution in [0.5, 0.6) is 5.75 Å². The number of rotatable bonds is 6. The fraction of sp³-hybridized carbons (Fsp3) is 0.524. The Kier molecular flexibility index (Phi) is 7.40. The van der Waals surface area contributed by atoms with Gasteiger partial charge < -0.3 is 19.3 Å². The summed E-state index contributed by atoms with van der Waals surface area (Å²) in [5.74, 6) is 1.84. The normalized spacial score (nSPS) is 20.4. The van der Waals surface area contributed by atoms with Crippen LogP contribution in [0.15, 0.2) is 30.6 Å². The number of aryl methyl sites for hydroxylation is 2. The quantitative estimate of drug-likeness (QED) is 0.711. The van der Waals surface area contributed by atoms with Crippen molar-refractivity contribution in [3.63, 3.8) is 0 Å². The summed E-state index contributed by atoms with van der Waals surface area (Å²) in [6, 6.07) is 8.61. The lowest BCUT2D eigenvalue weighted by Gasteiger charge is -2.26. The molecule has 2 aliphatic rings. The molecular formula is C21H29N5O4. The lowest BCUT2D eigenvalue weighted by Crippen LogP contribution is -2.42. The predicted molar refractivity (Wildman–Crippen MR) is 110 cm³/mol. The molecule has 0 spiro atoms. The summed E-state index contributed by atoms with van der Waals surface area (Å²) in [4.78, 5) is 25.6. The highest BCUT2D eigenvalue weighted by Crippen LogP contribution is 2.31. The van der Waals surface area contributed by atoms with Crippen molar-refractivity contribution in [1.29, 1.82) is 0 Å². The number of benzene rings is 1. The summed E-state index contributed by atoms with van der Waals surface area (Å²) in [6.45, 7) is 7.58. The third-order valence-electron chi connectivity index (χ3n) is 5.89. The average Bonchev–Trinajstić information content (AvgIpc) is 3.43. The number of fused-ring (bicyclic) bond motifs is 1. The Morgan fingerprint density at radius 2 is 1.93 bits per heavy atom. The van der Waals surface area contributed by atoms with Gasteiger partial charge in [-0.3, -0.25) is 14.5 Å². The fourth-order valence-electron chi connectivity index (χ4n) is 4.37. The number of likely N-dealkylation sites (tertiary alicyclic amines) is 2. The Morgan fingerprint density at radius 3 is 2.63 bits per heavy atom. The van der Waals surface area contributed by atoms with Crippen LogP contribution in [0.1, 0.15) is 24.2 Å². The molecule has 9 nitrogen and oxygen atoms in total. The SMILES string of the molecule is Cc1ccccc1OCC(=O)N1CC[C@H]2[C@@H]1CCN2CCn1cnnc1C.O=CO. The van der Waals surface area contributed by atoms with Gasteiger partial charge in [0.15, 0.2) is 6.61 Å². The zero-order valence-electron chi connectivity index (χ0n) is 17.5. The molecule has 162 valence electrons. The molecule has 0 unspecified atom stereocenters.